The number of anilines is 2. The average Bonchev–Trinajstić information content (AvgIpc) is 3.09. The molecule has 96 valence electrons. The fraction of sp³-hybridized carbons (Fsp3) is 0.0667. The van der Waals surface area contributed by atoms with Crippen molar-refractivity contribution in [1.29, 1.82) is 5.26 Å². The maximum Gasteiger partial charge on any atom is 0.170 e. The second-order valence-corrected chi connectivity index (χ2v) is 4.72. The van der Waals surface area contributed by atoms with E-state index in [0.717, 1.165) is 23.6 Å². The average molecular weight is 261 g/mol. The number of hydrazine groups is 1. The summed E-state index contributed by atoms with van der Waals surface area (Å²) >= 11 is 0. The molecule has 0 aliphatic carbocycles. The van der Waals surface area contributed by atoms with Gasteiger partial charge in [-0.1, -0.05) is 24.3 Å². The number of nitrogens with one attached hydrogen (secondary N) is 1. The Labute approximate surface area is 115 Å². The number of para-hydroxylation sites is 1. The molecule has 20 heavy (non-hydrogen) atoms. The number of benzene rings is 1. The van der Waals surface area contributed by atoms with E-state index in [2.05, 4.69) is 22.7 Å². The molecule has 1 N–H and O–H groups in total. The van der Waals surface area contributed by atoms with E-state index in [1.807, 2.05) is 41.4 Å². The Balaban J connectivity index is 1.76. The summed E-state index contributed by atoms with van der Waals surface area (Å²) in [4.78, 5) is 0. The smallest absolute Gasteiger partial charge is 0.170 e. The first-order valence-electron chi connectivity index (χ1n) is 6.36. The highest BCUT2D eigenvalue weighted by Gasteiger charge is 2.20. The van der Waals surface area contributed by atoms with Crippen molar-refractivity contribution in [2.45, 2.75) is 6.54 Å². The molecule has 1 aromatic carbocycles. The minimum absolute atomic E-state index is 0.533. The van der Waals surface area contributed by atoms with Crippen molar-refractivity contribution < 1.29 is 0 Å². The topological polar surface area (TPSA) is 56.4 Å². The zero-order valence-electron chi connectivity index (χ0n) is 10.6. The van der Waals surface area contributed by atoms with Gasteiger partial charge in [0.15, 0.2) is 5.82 Å². The highest BCUT2D eigenvalue weighted by molar-refractivity contribution is 5.66. The monoisotopic (exact) mass is 261 g/mol. The Morgan fingerprint density at radius 2 is 2.05 bits per heavy atom. The lowest BCUT2D eigenvalue weighted by molar-refractivity contribution is 0.878. The summed E-state index contributed by atoms with van der Waals surface area (Å²) in [6.07, 6.45) is 0. The van der Waals surface area contributed by atoms with Crippen molar-refractivity contribution in [3.63, 3.8) is 0 Å². The van der Waals surface area contributed by atoms with E-state index in [4.69, 9.17) is 5.26 Å². The summed E-state index contributed by atoms with van der Waals surface area (Å²) in [6.45, 7) is 0.766. The van der Waals surface area contributed by atoms with Crippen LogP contribution >= 0.6 is 0 Å². The van der Waals surface area contributed by atoms with E-state index >= 15 is 0 Å². The van der Waals surface area contributed by atoms with Crippen LogP contribution in [0.15, 0.2) is 48.5 Å². The number of hydrogen-bond acceptors (Lipinski definition) is 4. The summed E-state index contributed by atoms with van der Waals surface area (Å²) < 4.78 is 1.67. The molecular weight excluding hydrogens is 250 g/mol. The summed E-state index contributed by atoms with van der Waals surface area (Å²) in [7, 11) is 0. The molecule has 0 saturated heterocycles. The van der Waals surface area contributed by atoms with Gasteiger partial charge in [0.2, 0.25) is 0 Å². The van der Waals surface area contributed by atoms with Crippen molar-refractivity contribution in [3.8, 4) is 6.07 Å². The van der Waals surface area contributed by atoms with Crippen LogP contribution in [0.3, 0.4) is 0 Å². The van der Waals surface area contributed by atoms with E-state index < -0.39 is 0 Å². The molecule has 2 aromatic heterocycles. The number of pyridine rings is 1. The Morgan fingerprint density at radius 3 is 2.90 bits per heavy atom. The van der Waals surface area contributed by atoms with Crippen LogP contribution in [0.4, 0.5) is 11.5 Å². The Morgan fingerprint density at radius 1 is 1.15 bits per heavy atom. The minimum Gasteiger partial charge on any atom is -0.296 e. The fourth-order valence-corrected chi connectivity index (χ4v) is 2.48. The maximum atomic E-state index is 9.11. The van der Waals surface area contributed by atoms with Crippen LogP contribution in [-0.4, -0.2) is 9.61 Å². The van der Waals surface area contributed by atoms with Gasteiger partial charge in [-0.15, -0.1) is 5.10 Å². The quantitative estimate of drug-likeness (QED) is 0.731. The molecule has 0 radical (unpaired) electrons. The van der Waals surface area contributed by atoms with Crippen molar-refractivity contribution in [2.75, 3.05) is 10.4 Å². The number of fused-ring (bicyclic) bond motifs is 2. The lowest BCUT2D eigenvalue weighted by Crippen LogP contribution is -2.23. The van der Waals surface area contributed by atoms with E-state index in [-0.39, 0.29) is 0 Å². The van der Waals surface area contributed by atoms with Crippen LogP contribution in [-0.2, 0) is 6.54 Å². The summed E-state index contributed by atoms with van der Waals surface area (Å²) in [5.41, 5.74) is 7.11. The zero-order valence-corrected chi connectivity index (χ0v) is 10.6. The number of aromatic nitrogens is 2. The predicted octanol–water partition coefficient (Wildman–Crippen LogP) is 2.55. The molecule has 0 atom stereocenters. The molecule has 0 bridgehead atoms. The van der Waals surface area contributed by atoms with Gasteiger partial charge in [0.1, 0.15) is 11.8 Å². The molecular formula is C15H11N5. The van der Waals surface area contributed by atoms with Gasteiger partial charge in [0, 0.05) is 6.07 Å². The summed E-state index contributed by atoms with van der Waals surface area (Å²) in [6, 6.07) is 17.9. The van der Waals surface area contributed by atoms with Crippen molar-refractivity contribution in [3.05, 3.63) is 59.8 Å². The Hall–Kier alpha value is -3.00. The molecule has 0 unspecified atom stereocenters. The number of nitrogens with zero attached hydrogens (tertiary/aromatic N) is 4. The molecule has 0 spiro atoms. The standard InChI is InChI=1S/C15H11N5/c16-9-13-6-3-5-12-8-15(18-20(12)13)19-10-11-4-1-2-7-14(11)17-19/h1-8,17H,10H2. The van der Waals surface area contributed by atoms with E-state index in [1.54, 1.807) is 10.6 Å². The first kappa shape index (κ1) is 10.9. The van der Waals surface area contributed by atoms with Gasteiger partial charge < -0.3 is 0 Å². The van der Waals surface area contributed by atoms with Gasteiger partial charge in [0.05, 0.1) is 17.7 Å². The van der Waals surface area contributed by atoms with E-state index in [0.29, 0.717) is 5.69 Å². The normalized spacial score (nSPS) is 13.1. The third-order valence-electron chi connectivity index (χ3n) is 3.47. The van der Waals surface area contributed by atoms with Gasteiger partial charge >= 0.3 is 0 Å². The van der Waals surface area contributed by atoms with Crippen LogP contribution in [0.2, 0.25) is 0 Å². The SMILES string of the molecule is N#Cc1cccc2cc(N3Cc4ccccc4N3)nn12. The molecule has 0 amide bonds. The van der Waals surface area contributed by atoms with Crippen molar-refractivity contribution >= 4 is 17.0 Å². The van der Waals surface area contributed by atoms with Crippen LogP contribution in [0.25, 0.3) is 5.52 Å². The van der Waals surface area contributed by atoms with E-state index in [9.17, 15) is 0 Å². The van der Waals surface area contributed by atoms with Gasteiger partial charge in [-0.3, -0.25) is 10.4 Å². The highest BCUT2D eigenvalue weighted by Crippen LogP contribution is 2.28. The predicted molar refractivity (Wildman–Crippen MR) is 76.2 cm³/mol. The lowest BCUT2D eigenvalue weighted by atomic mass is 10.2. The molecule has 1 aliphatic rings. The summed E-state index contributed by atoms with van der Waals surface area (Å²) in [5, 5.41) is 15.6. The van der Waals surface area contributed by atoms with Crippen LogP contribution in [0, 0.1) is 11.3 Å². The van der Waals surface area contributed by atoms with Crippen LogP contribution in [0.5, 0.6) is 0 Å². The lowest BCUT2D eigenvalue weighted by Gasteiger charge is -2.14. The van der Waals surface area contributed by atoms with Gasteiger partial charge in [-0.2, -0.15) is 5.26 Å². The Kier molecular flexibility index (Phi) is 2.18. The third kappa shape index (κ3) is 1.52. The number of hydrogen-bond donors (Lipinski definition) is 1. The molecule has 3 heterocycles. The second kappa shape index (κ2) is 4.00. The molecule has 0 saturated carbocycles. The molecule has 5 nitrogen and oxygen atoms in total. The largest absolute Gasteiger partial charge is 0.296 e. The van der Waals surface area contributed by atoms with Crippen molar-refractivity contribution in [2.24, 2.45) is 0 Å². The Bertz CT molecular complexity index is 818. The highest BCUT2D eigenvalue weighted by atomic mass is 15.6. The van der Waals surface area contributed by atoms with Crippen LogP contribution < -0.4 is 10.4 Å². The molecule has 0 fully saturated rings. The molecule has 4 rings (SSSR count). The number of rotatable bonds is 1. The minimum atomic E-state index is 0.533. The van der Waals surface area contributed by atoms with Crippen molar-refractivity contribution in [1.82, 2.24) is 9.61 Å². The first-order valence-corrected chi connectivity index (χ1v) is 6.36. The molecule has 5 heteroatoms. The third-order valence-corrected chi connectivity index (χ3v) is 3.47. The van der Waals surface area contributed by atoms with Gasteiger partial charge in [-0.05, 0) is 23.8 Å². The molecule has 1 aliphatic heterocycles. The number of nitriles is 1. The second-order valence-electron chi connectivity index (χ2n) is 4.72. The van der Waals surface area contributed by atoms with Gasteiger partial charge in [-0.25, -0.2) is 4.52 Å². The first-order chi connectivity index (χ1) is 9.85. The fourth-order valence-electron chi connectivity index (χ4n) is 2.48. The van der Waals surface area contributed by atoms with E-state index in [1.165, 1.54) is 5.56 Å². The summed E-state index contributed by atoms with van der Waals surface area (Å²) in [5.74, 6) is 0.809. The molecule has 3 aromatic rings. The van der Waals surface area contributed by atoms with Crippen LogP contribution in [0.1, 0.15) is 11.3 Å². The van der Waals surface area contributed by atoms with Gasteiger partial charge in [0.25, 0.3) is 0 Å². The zero-order chi connectivity index (χ0) is 13.5. The maximum absolute atomic E-state index is 9.11.